The van der Waals surface area contributed by atoms with E-state index < -0.39 is 0 Å². The zero-order valence-electron chi connectivity index (χ0n) is 6.99. The van der Waals surface area contributed by atoms with Crippen LogP contribution in [0.4, 0.5) is 17.1 Å². The van der Waals surface area contributed by atoms with Crippen molar-refractivity contribution in [1.82, 2.24) is 0 Å². The van der Waals surface area contributed by atoms with Gasteiger partial charge in [-0.15, -0.1) is 0 Å². The van der Waals surface area contributed by atoms with Crippen molar-refractivity contribution >= 4 is 17.1 Å². The van der Waals surface area contributed by atoms with Gasteiger partial charge in [-0.1, -0.05) is 0 Å². The molecule has 0 amide bonds. The van der Waals surface area contributed by atoms with Crippen molar-refractivity contribution in [2.45, 2.75) is 6.92 Å². The molecule has 0 radical (unpaired) electrons. The average Bonchev–Trinajstić information content (AvgIpc) is 2.03. The minimum atomic E-state index is 0.562. The van der Waals surface area contributed by atoms with Crippen molar-refractivity contribution in [1.29, 1.82) is 0 Å². The fraction of sp³-hybridized carbons (Fsp3) is 0.250. The van der Waals surface area contributed by atoms with E-state index in [4.69, 9.17) is 11.5 Å². The standard InChI is InChI=1S/C8H12N4/c1-2-11-12-8-4-3-6(9)5-7(8)10/h3-5H,2,9-10H2,1H3. The first-order valence-corrected chi connectivity index (χ1v) is 3.76. The smallest absolute Gasteiger partial charge is 0.108 e. The van der Waals surface area contributed by atoms with Crippen LogP contribution >= 0.6 is 0 Å². The molecule has 0 aliphatic heterocycles. The van der Waals surface area contributed by atoms with Crippen LogP contribution in [0.2, 0.25) is 0 Å². The number of azo groups is 1. The summed E-state index contributed by atoms with van der Waals surface area (Å²) in [6.45, 7) is 2.57. The number of anilines is 2. The van der Waals surface area contributed by atoms with E-state index >= 15 is 0 Å². The Hall–Kier alpha value is -1.58. The summed E-state index contributed by atoms with van der Waals surface area (Å²) >= 11 is 0. The van der Waals surface area contributed by atoms with Crippen LogP contribution in [0.15, 0.2) is 28.4 Å². The Balaban J connectivity index is 2.94. The largest absolute Gasteiger partial charge is 0.399 e. The molecule has 0 saturated heterocycles. The highest BCUT2D eigenvalue weighted by Gasteiger charge is 1.95. The van der Waals surface area contributed by atoms with Crippen molar-refractivity contribution in [2.24, 2.45) is 10.2 Å². The summed E-state index contributed by atoms with van der Waals surface area (Å²) in [5.74, 6) is 0. The molecule has 0 spiro atoms. The molecule has 1 aromatic rings. The topological polar surface area (TPSA) is 76.8 Å². The molecule has 0 aliphatic carbocycles. The lowest BCUT2D eigenvalue weighted by molar-refractivity contribution is 1.01. The summed E-state index contributed by atoms with van der Waals surface area (Å²) in [7, 11) is 0. The van der Waals surface area contributed by atoms with Crippen LogP contribution in [0.5, 0.6) is 0 Å². The lowest BCUT2D eigenvalue weighted by Crippen LogP contribution is -1.89. The van der Waals surface area contributed by atoms with Gasteiger partial charge < -0.3 is 11.5 Å². The predicted octanol–water partition coefficient (Wildman–Crippen LogP) is 1.95. The first kappa shape index (κ1) is 8.52. The molecule has 0 aliphatic rings. The Bertz CT molecular complexity index is 293. The third-order valence-electron chi connectivity index (χ3n) is 1.37. The summed E-state index contributed by atoms with van der Waals surface area (Å²) in [6.07, 6.45) is 0. The highest BCUT2D eigenvalue weighted by Crippen LogP contribution is 2.23. The van der Waals surface area contributed by atoms with Gasteiger partial charge in [-0.05, 0) is 25.1 Å². The summed E-state index contributed by atoms with van der Waals surface area (Å²) in [4.78, 5) is 0. The minimum absolute atomic E-state index is 0.562. The van der Waals surface area contributed by atoms with E-state index in [1.807, 2.05) is 6.92 Å². The lowest BCUT2D eigenvalue weighted by atomic mass is 10.2. The Morgan fingerprint density at radius 3 is 2.67 bits per heavy atom. The fourth-order valence-electron chi connectivity index (χ4n) is 0.811. The number of hydrogen-bond donors (Lipinski definition) is 2. The zero-order chi connectivity index (χ0) is 8.97. The van der Waals surface area contributed by atoms with Gasteiger partial charge in [0.25, 0.3) is 0 Å². The average molecular weight is 164 g/mol. The van der Waals surface area contributed by atoms with Crippen LogP contribution in [0.1, 0.15) is 6.92 Å². The van der Waals surface area contributed by atoms with Crippen molar-refractivity contribution in [3.05, 3.63) is 18.2 Å². The van der Waals surface area contributed by atoms with Gasteiger partial charge in [0.05, 0.1) is 12.2 Å². The molecule has 4 N–H and O–H groups in total. The Morgan fingerprint density at radius 2 is 2.08 bits per heavy atom. The molecule has 0 atom stereocenters. The van der Waals surface area contributed by atoms with Crippen molar-refractivity contribution in [3.63, 3.8) is 0 Å². The molecule has 0 saturated carbocycles. The molecule has 0 aromatic heterocycles. The van der Waals surface area contributed by atoms with E-state index in [0.717, 1.165) is 0 Å². The summed E-state index contributed by atoms with van der Waals surface area (Å²) in [6, 6.07) is 5.17. The van der Waals surface area contributed by atoms with Crippen LogP contribution in [-0.4, -0.2) is 6.54 Å². The van der Waals surface area contributed by atoms with Gasteiger partial charge in [0.2, 0.25) is 0 Å². The summed E-state index contributed by atoms with van der Waals surface area (Å²) < 4.78 is 0. The molecule has 4 heteroatoms. The van der Waals surface area contributed by atoms with E-state index in [2.05, 4.69) is 10.2 Å². The van der Waals surface area contributed by atoms with Crippen molar-refractivity contribution in [2.75, 3.05) is 18.0 Å². The second-order valence-electron chi connectivity index (χ2n) is 2.38. The Labute approximate surface area is 71.3 Å². The quantitative estimate of drug-likeness (QED) is 0.517. The first-order valence-electron chi connectivity index (χ1n) is 3.76. The van der Waals surface area contributed by atoms with Crippen LogP contribution < -0.4 is 11.5 Å². The fourth-order valence-corrected chi connectivity index (χ4v) is 0.811. The van der Waals surface area contributed by atoms with E-state index in [9.17, 15) is 0 Å². The predicted molar refractivity (Wildman–Crippen MR) is 50.3 cm³/mol. The molecular weight excluding hydrogens is 152 g/mol. The van der Waals surface area contributed by atoms with E-state index in [1.165, 1.54) is 0 Å². The van der Waals surface area contributed by atoms with Gasteiger partial charge in [0, 0.05) is 5.69 Å². The number of nitrogens with zero attached hydrogens (tertiary/aromatic N) is 2. The number of rotatable bonds is 2. The molecule has 0 bridgehead atoms. The van der Waals surface area contributed by atoms with Gasteiger partial charge in [-0.3, -0.25) is 0 Å². The number of benzene rings is 1. The first-order chi connectivity index (χ1) is 5.74. The maximum absolute atomic E-state index is 5.63. The highest BCUT2D eigenvalue weighted by atomic mass is 15.1. The zero-order valence-corrected chi connectivity index (χ0v) is 6.99. The Morgan fingerprint density at radius 1 is 1.33 bits per heavy atom. The summed E-state index contributed by atoms with van der Waals surface area (Å²) in [5, 5.41) is 7.75. The maximum Gasteiger partial charge on any atom is 0.108 e. The molecule has 0 fully saturated rings. The van der Waals surface area contributed by atoms with Gasteiger partial charge >= 0.3 is 0 Å². The van der Waals surface area contributed by atoms with Crippen LogP contribution in [0.25, 0.3) is 0 Å². The van der Waals surface area contributed by atoms with Gasteiger partial charge in [0.1, 0.15) is 5.69 Å². The molecule has 12 heavy (non-hydrogen) atoms. The summed E-state index contributed by atoms with van der Waals surface area (Å²) in [5.41, 5.74) is 13.0. The molecule has 0 unspecified atom stereocenters. The van der Waals surface area contributed by atoms with E-state index in [-0.39, 0.29) is 0 Å². The van der Waals surface area contributed by atoms with Gasteiger partial charge in [-0.25, -0.2) is 0 Å². The second kappa shape index (κ2) is 3.71. The minimum Gasteiger partial charge on any atom is -0.399 e. The molecule has 64 valence electrons. The molecule has 4 nitrogen and oxygen atoms in total. The van der Waals surface area contributed by atoms with Crippen molar-refractivity contribution in [3.8, 4) is 0 Å². The van der Waals surface area contributed by atoms with E-state index in [1.54, 1.807) is 18.2 Å². The number of nitrogens with two attached hydrogens (primary N) is 2. The number of hydrogen-bond acceptors (Lipinski definition) is 4. The van der Waals surface area contributed by atoms with Crippen molar-refractivity contribution < 1.29 is 0 Å². The molecule has 0 heterocycles. The molecular formula is C8H12N4. The lowest BCUT2D eigenvalue weighted by Gasteiger charge is -1.98. The third kappa shape index (κ3) is 1.95. The van der Waals surface area contributed by atoms with Crippen LogP contribution in [0.3, 0.4) is 0 Å². The van der Waals surface area contributed by atoms with Crippen LogP contribution in [0, 0.1) is 0 Å². The van der Waals surface area contributed by atoms with Gasteiger partial charge in [0.15, 0.2) is 0 Å². The SMILES string of the molecule is CCN=Nc1ccc(N)cc1N. The highest BCUT2D eigenvalue weighted by molar-refractivity contribution is 5.67. The normalized spacial score (nSPS) is 10.8. The maximum atomic E-state index is 5.63. The molecule has 1 aromatic carbocycles. The Kier molecular flexibility index (Phi) is 2.63. The van der Waals surface area contributed by atoms with E-state index in [0.29, 0.717) is 23.6 Å². The van der Waals surface area contributed by atoms with Gasteiger partial charge in [-0.2, -0.15) is 10.2 Å². The second-order valence-corrected chi connectivity index (χ2v) is 2.38. The number of nitrogen functional groups attached to an aromatic ring is 2. The third-order valence-corrected chi connectivity index (χ3v) is 1.37. The van der Waals surface area contributed by atoms with Crippen LogP contribution in [-0.2, 0) is 0 Å². The molecule has 1 rings (SSSR count). The monoisotopic (exact) mass is 164 g/mol.